The van der Waals surface area contributed by atoms with E-state index in [4.69, 9.17) is 15.1 Å². The Morgan fingerprint density at radius 3 is 2.18 bits per heavy atom. The van der Waals surface area contributed by atoms with Gasteiger partial charge in [-0.3, -0.25) is 19.2 Å². The van der Waals surface area contributed by atoms with E-state index in [0.29, 0.717) is 13.3 Å². The summed E-state index contributed by atoms with van der Waals surface area (Å²) in [6, 6.07) is 4.62. The van der Waals surface area contributed by atoms with Crippen molar-refractivity contribution in [1.29, 1.82) is 0 Å². The minimum atomic E-state index is -1.44. The first kappa shape index (κ1) is 34.6. The molecule has 0 bridgehead atoms. The fourth-order valence-electron chi connectivity index (χ4n) is 5.16. The van der Waals surface area contributed by atoms with E-state index in [9.17, 15) is 29.1 Å². The van der Waals surface area contributed by atoms with Crippen LogP contribution in [0.3, 0.4) is 0 Å². The molecule has 3 rings (SSSR count). The van der Waals surface area contributed by atoms with Crippen molar-refractivity contribution in [3.63, 3.8) is 0 Å². The number of esters is 1. The monoisotopic (exact) mass is 613 g/mol. The SMILES string of the molecule is CC(C)C[C@H](NC(=O)[C@H](CO)NC(=O)[C@H](CCC(N)=O)NC(=O)[C@@H](/N=C1/BO1)C1CCCCC1)C(=O)OCc1ccccc1. The van der Waals surface area contributed by atoms with Crippen LogP contribution < -0.4 is 21.7 Å². The highest BCUT2D eigenvalue weighted by Crippen LogP contribution is 2.29. The van der Waals surface area contributed by atoms with E-state index >= 15 is 0 Å². The van der Waals surface area contributed by atoms with Crippen LogP contribution in [-0.4, -0.2) is 78.8 Å². The number of carbonyl (C=O) groups is 5. The summed E-state index contributed by atoms with van der Waals surface area (Å²) in [4.78, 5) is 68.7. The maximum absolute atomic E-state index is 13.4. The lowest BCUT2D eigenvalue weighted by Crippen LogP contribution is -2.58. The van der Waals surface area contributed by atoms with Crippen LogP contribution >= 0.6 is 0 Å². The number of rotatable bonds is 17. The Morgan fingerprint density at radius 1 is 0.977 bits per heavy atom. The van der Waals surface area contributed by atoms with Gasteiger partial charge in [0.05, 0.1) is 6.61 Å². The van der Waals surface area contributed by atoms with Crippen LogP contribution in [0.2, 0.25) is 0 Å². The highest BCUT2D eigenvalue weighted by atomic mass is 16.5. The number of hydrogen-bond acceptors (Lipinski definition) is 9. The van der Waals surface area contributed by atoms with Gasteiger partial charge in [0.2, 0.25) is 23.6 Å². The first-order chi connectivity index (χ1) is 21.1. The number of nitrogens with one attached hydrogen (secondary N) is 3. The highest BCUT2D eigenvalue weighted by molar-refractivity contribution is 6.83. The first-order valence-electron chi connectivity index (χ1n) is 15.3. The van der Waals surface area contributed by atoms with Crippen LogP contribution in [0.5, 0.6) is 0 Å². The number of nitrogens with zero attached hydrogens (tertiary/aromatic N) is 1. The van der Waals surface area contributed by atoms with E-state index in [1.54, 1.807) is 12.1 Å². The summed E-state index contributed by atoms with van der Waals surface area (Å²) in [5, 5.41) is 17.7. The average Bonchev–Trinajstić information content (AvgIpc) is 3.83. The minimum absolute atomic E-state index is 0.0156. The third-order valence-corrected chi connectivity index (χ3v) is 7.58. The van der Waals surface area contributed by atoms with E-state index in [1.807, 2.05) is 32.0 Å². The van der Waals surface area contributed by atoms with Gasteiger partial charge in [0, 0.05) is 6.42 Å². The Balaban J connectivity index is 1.67. The van der Waals surface area contributed by atoms with E-state index in [1.165, 1.54) is 0 Å². The van der Waals surface area contributed by atoms with Gasteiger partial charge in [-0.1, -0.05) is 63.4 Å². The van der Waals surface area contributed by atoms with Crippen molar-refractivity contribution in [2.24, 2.45) is 22.6 Å². The number of nitrogens with two attached hydrogens (primary N) is 1. The second-order valence-electron chi connectivity index (χ2n) is 11.7. The molecule has 240 valence electrons. The molecule has 1 saturated heterocycles. The van der Waals surface area contributed by atoms with Crippen molar-refractivity contribution in [3.8, 4) is 0 Å². The molecule has 0 aromatic heterocycles. The van der Waals surface area contributed by atoms with E-state index in [0.717, 1.165) is 37.7 Å². The number of aliphatic imine (C=N–C) groups is 1. The molecule has 2 fully saturated rings. The zero-order valence-electron chi connectivity index (χ0n) is 25.5. The third kappa shape index (κ3) is 11.6. The first-order valence-corrected chi connectivity index (χ1v) is 15.3. The van der Waals surface area contributed by atoms with Gasteiger partial charge in [0.1, 0.15) is 30.8 Å². The largest absolute Gasteiger partial charge is 0.549 e. The summed E-state index contributed by atoms with van der Waals surface area (Å²) in [5.74, 6) is -2.94. The van der Waals surface area contributed by atoms with Gasteiger partial charge in [-0.2, -0.15) is 0 Å². The Labute approximate surface area is 258 Å². The maximum Gasteiger partial charge on any atom is 0.434 e. The van der Waals surface area contributed by atoms with Crippen LogP contribution in [0.1, 0.15) is 70.8 Å². The molecule has 1 aromatic rings. The Bertz CT molecular complexity index is 1170. The van der Waals surface area contributed by atoms with Crippen molar-refractivity contribution >= 4 is 42.9 Å². The molecule has 0 spiro atoms. The number of aliphatic hydroxyl groups excluding tert-OH is 1. The third-order valence-electron chi connectivity index (χ3n) is 7.58. The number of benzene rings is 1. The van der Waals surface area contributed by atoms with Crippen molar-refractivity contribution in [2.75, 3.05) is 6.61 Å². The predicted octanol–water partition coefficient (Wildman–Crippen LogP) is 0.175. The Hall–Kier alpha value is -3.94. The van der Waals surface area contributed by atoms with Gasteiger partial charge >= 0.3 is 13.5 Å². The second kappa shape index (κ2) is 17.4. The molecule has 1 aromatic carbocycles. The molecule has 1 heterocycles. The molecule has 13 nitrogen and oxygen atoms in total. The quantitative estimate of drug-likeness (QED) is 0.0930. The molecule has 1 aliphatic heterocycles. The number of aliphatic hydroxyl groups is 1. The Kier molecular flexibility index (Phi) is 13.7. The fourth-order valence-corrected chi connectivity index (χ4v) is 5.16. The summed E-state index contributed by atoms with van der Waals surface area (Å²) in [6.45, 7) is 2.99. The molecule has 2 aliphatic rings. The molecular formula is C30H44BN5O8. The summed E-state index contributed by atoms with van der Waals surface area (Å²) < 4.78 is 10.6. The lowest BCUT2D eigenvalue weighted by atomic mass is 9.83. The summed E-state index contributed by atoms with van der Waals surface area (Å²) in [7, 11) is 0.354. The molecular weight excluding hydrogens is 569 g/mol. The fraction of sp³-hybridized carbons (Fsp3) is 0.600. The van der Waals surface area contributed by atoms with Crippen LogP contribution in [0.25, 0.3) is 0 Å². The zero-order chi connectivity index (χ0) is 32.1. The second-order valence-corrected chi connectivity index (χ2v) is 11.7. The smallest absolute Gasteiger partial charge is 0.434 e. The number of ether oxygens (including phenoxy) is 1. The lowest BCUT2D eigenvalue weighted by molar-refractivity contribution is -0.150. The van der Waals surface area contributed by atoms with Gasteiger partial charge in [-0.05, 0) is 43.1 Å². The number of hydrogen-bond donors (Lipinski definition) is 5. The molecule has 6 N–H and O–H groups in total. The average molecular weight is 614 g/mol. The van der Waals surface area contributed by atoms with Gasteiger partial charge in [-0.25, -0.2) is 9.79 Å². The van der Waals surface area contributed by atoms with Gasteiger partial charge in [0.25, 0.3) is 0 Å². The lowest BCUT2D eigenvalue weighted by Gasteiger charge is -2.28. The molecule has 1 saturated carbocycles. The number of carbonyl (C=O) groups excluding carboxylic acids is 5. The molecule has 14 heteroatoms. The molecule has 0 unspecified atom stereocenters. The summed E-state index contributed by atoms with van der Waals surface area (Å²) in [5.41, 5.74) is 6.09. The van der Waals surface area contributed by atoms with Crippen LogP contribution in [-0.2, 0) is 40.0 Å². The Morgan fingerprint density at radius 2 is 1.59 bits per heavy atom. The van der Waals surface area contributed by atoms with Crippen LogP contribution in [0, 0.1) is 11.8 Å². The van der Waals surface area contributed by atoms with Crippen molar-refractivity contribution in [3.05, 3.63) is 35.9 Å². The van der Waals surface area contributed by atoms with E-state index in [2.05, 4.69) is 20.9 Å². The van der Waals surface area contributed by atoms with Gasteiger partial charge < -0.3 is 36.2 Å². The van der Waals surface area contributed by atoms with Crippen LogP contribution in [0.15, 0.2) is 35.3 Å². The molecule has 4 atom stereocenters. The molecule has 44 heavy (non-hydrogen) atoms. The van der Waals surface area contributed by atoms with Crippen molar-refractivity contribution in [1.82, 2.24) is 16.0 Å². The van der Waals surface area contributed by atoms with Crippen molar-refractivity contribution < 1.29 is 38.5 Å². The summed E-state index contributed by atoms with van der Waals surface area (Å²) in [6.07, 6.45) is 4.57. The van der Waals surface area contributed by atoms with Crippen LogP contribution in [0.4, 0.5) is 0 Å². The van der Waals surface area contributed by atoms with E-state index < -0.39 is 60.4 Å². The molecule has 0 radical (unpaired) electrons. The van der Waals surface area contributed by atoms with Gasteiger partial charge in [0.15, 0.2) is 5.80 Å². The standard InChI is InChI=1S/C30H44BN5O8/c1-18(2)15-22(29(42)43-17-19-9-5-3-6-10-19)34-27(40)23(16-37)35-26(39)21(13-14-24(32)38)33-28(41)25(36-30-31-44-30)20-11-7-4-8-12-20/h3,5-6,9-10,18,20-23,25,31,37H,4,7-8,11-17H2,1-2H3,(H2,32,38)(H,33,41)(H,34,40)(H,35,39)/b36-30-/t21-,22-,23-,25-/m0/s1. The summed E-state index contributed by atoms with van der Waals surface area (Å²) >= 11 is 0. The van der Waals surface area contributed by atoms with Gasteiger partial charge in [-0.15, -0.1) is 0 Å². The minimum Gasteiger partial charge on any atom is -0.549 e. The van der Waals surface area contributed by atoms with E-state index in [-0.39, 0.29) is 37.7 Å². The number of amides is 4. The topological polar surface area (TPSA) is 202 Å². The normalized spacial score (nSPS) is 18.1. The highest BCUT2D eigenvalue weighted by Gasteiger charge is 2.36. The molecule has 1 aliphatic carbocycles. The maximum atomic E-state index is 13.4. The zero-order valence-corrected chi connectivity index (χ0v) is 25.5. The molecule has 4 amide bonds. The number of primary amides is 1. The van der Waals surface area contributed by atoms with Crippen molar-refractivity contribution in [2.45, 2.75) is 96.0 Å². The predicted molar refractivity (Wildman–Crippen MR) is 163 cm³/mol.